The van der Waals surface area contributed by atoms with Crippen LogP contribution in [0.25, 0.3) is 11.0 Å². The number of nitrogens with zero attached hydrogens (tertiary/aromatic N) is 2. The van der Waals surface area contributed by atoms with Crippen LogP contribution in [0.1, 0.15) is 46.5 Å². The number of hydrogen-bond donors (Lipinski definition) is 3. The molecule has 0 atom stereocenters. The monoisotopic (exact) mass is 485 g/mol. The number of fused-ring (bicyclic) bond motifs is 1. The maximum atomic E-state index is 13.9. The molecule has 9 nitrogen and oxygen atoms in total. The number of anilines is 2. The predicted octanol–water partition coefficient (Wildman–Crippen LogP) is 4.18. The summed E-state index contributed by atoms with van der Waals surface area (Å²) in [6.07, 6.45) is 5.32. The molecular weight excluding hydrogens is 454 g/mol. The quantitative estimate of drug-likeness (QED) is 0.465. The fourth-order valence-corrected chi connectivity index (χ4v) is 6.16. The minimum Gasteiger partial charge on any atom is -0.444 e. The van der Waals surface area contributed by atoms with Crippen molar-refractivity contribution >= 4 is 38.5 Å². The number of sulfonamides is 1. The SMILES string of the molecule is CC(C)(C)OC(=O)NC1CCC(N(c2ccnc3[nH]ccc23)S(=O)(=O)c2cccc(N)c2)CC1. The predicted molar refractivity (Wildman–Crippen MR) is 132 cm³/mol. The molecule has 1 aromatic carbocycles. The van der Waals surface area contributed by atoms with E-state index >= 15 is 0 Å². The number of aromatic amines is 1. The third kappa shape index (κ3) is 5.11. The van der Waals surface area contributed by atoms with Crippen LogP contribution in [0.5, 0.6) is 0 Å². The lowest BCUT2D eigenvalue weighted by Gasteiger charge is -2.38. The number of pyridine rings is 1. The number of carbonyl (C=O) groups is 1. The highest BCUT2D eigenvalue weighted by Gasteiger charge is 2.36. The van der Waals surface area contributed by atoms with Gasteiger partial charge in [0, 0.05) is 35.6 Å². The second-order valence-electron chi connectivity index (χ2n) is 9.60. The first-order chi connectivity index (χ1) is 16.0. The van der Waals surface area contributed by atoms with Gasteiger partial charge in [-0.25, -0.2) is 18.2 Å². The van der Waals surface area contributed by atoms with Crippen molar-refractivity contribution in [2.45, 2.75) is 69.0 Å². The molecule has 10 heteroatoms. The normalized spacial score (nSPS) is 19.0. The highest BCUT2D eigenvalue weighted by molar-refractivity contribution is 7.92. The van der Waals surface area contributed by atoms with E-state index in [0.717, 1.165) is 5.39 Å². The molecule has 2 aromatic heterocycles. The Balaban J connectivity index is 1.63. The second kappa shape index (κ2) is 9.17. The zero-order chi connectivity index (χ0) is 24.5. The van der Waals surface area contributed by atoms with Crippen molar-refractivity contribution in [2.24, 2.45) is 0 Å². The molecule has 0 saturated heterocycles. The molecule has 182 valence electrons. The standard InChI is InChI=1S/C24H31N5O4S/c1-24(2,3)33-23(30)28-17-7-9-18(10-8-17)29(21-12-14-27-22-20(21)11-13-26-22)34(31,32)19-6-4-5-16(25)15-19/h4-6,11-15,17-18H,7-10,25H2,1-3H3,(H,26,27)(H,28,30). The summed E-state index contributed by atoms with van der Waals surface area (Å²) in [4.78, 5) is 19.7. The number of nitrogens with one attached hydrogen (secondary N) is 2. The van der Waals surface area contributed by atoms with Crippen LogP contribution in [-0.2, 0) is 14.8 Å². The van der Waals surface area contributed by atoms with Gasteiger partial charge in [-0.1, -0.05) is 6.07 Å². The summed E-state index contributed by atoms with van der Waals surface area (Å²) in [5.74, 6) is 0. The smallest absolute Gasteiger partial charge is 0.407 e. The molecule has 1 fully saturated rings. The summed E-state index contributed by atoms with van der Waals surface area (Å²) >= 11 is 0. The van der Waals surface area contributed by atoms with Crippen LogP contribution in [-0.4, -0.2) is 42.2 Å². The summed E-state index contributed by atoms with van der Waals surface area (Å²) in [5, 5.41) is 3.64. The van der Waals surface area contributed by atoms with Gasteiger partial charge in [-0.15, -0.1) is 0 Å². The molecule has 2 heterocycles. The van der Waals surface area contributed by atoms with Crippen molar-refractivity contribution in [1.82, 2.24) is 15.3 Å². The van der Waals surface area contributed by atoms with Gasteiger partial charge in [0.05, 0.1) is 10.6 Å². The van der Waals surface area contributed by atoms with Gasteiger partial charge in [0.2, 0.25) is 0 Å². The Hall–Kier alpha value is -3.27. The minimum atomic E-state index is -3.91. The number of nitrogen functional groups attached to an aromatic ring is 1. The number of nitrogens with two attached hydrogens (primary N) is 1. The third-order valence-corrected chi connectivity index (χ3v) is 7.70. The van der Waals surface area contributed by atoms with Crippen molar-refractivity contribution in [3.05, 3.63) is 48.8 Å². The Bertz CT molecular complexity index is 1270. The number of carbonyl (C=O) groups excluding carboxylic acids is 1. The van der Waals surface area contributed by atoms with Crippen LogP contribution in [0.2, 0.25) is 0 Å². The first-order valence-corrected chi connectivity index (χ1v) is 12.8. The van der Waals surface area contributed by atoms with E-state index in [4.69, 9.17) is 10.5 Å². The van der Waals surface area contributed by atoms with Crippen LogP contribution in [0.3, 0.4) is 0 Å². The Kier molecular flexibility index (Phi) is 6.44. The highest BCUT2D eigenvalue weighted by Crippen LogP contribution is 2.36. The van der Waals surface area contributed by atoms with Gasteiger partial charge in [-0.2, -0.15) is 0 Å². The molecule has 0 unspecified atom stereocenters. The molecule has 0 radical (unpaired) electrons. The number of rotatable bonds is 5. The first kappa shape index (κ1) is 23.9. The van der Waals surface area contributed by atoms with Crippen LogP contribution in [0.15, 0.2) is 53.7 Å². The Morgan fingerprint density at radius 3 is 2.59 bits per heavy atom. The fourth-order valence-electron chi connectivity index (χ4n) is 4.38. The van der Waals surface area contributed by atoms with Crippen molar-refractivity contribution in [1.29, 1.82) is 0 Å². The molecule has 1 saturated carbocycles. The van der Waals surface area contributed by atoms with Gasteiger partial charge in [0.1, 0.15) is 11.2 Å². The van der Waals surface area contributed by atoms with Crippen LogP contribution in [0.4, 0.5) is 16.2 Å². The van der Waals surface area contributed by atoms with Crippen molar-refractivity contribution in [3.8, 4) is 0 Å². The number of aromatic nitrogens is 2. The zero-order valence-electron chi connectivity index (χ0n) is 19.6. The molecule has 1 aliphatic rings. The highest BCUT2D eigenvalue weighted by atomic mass is 32.2. The summed E-state index contributed by atoms with van der Waals surface area (Å²) < 4.78 is 34.7. The zero-order valence-corrected chi connectivity index (χ0v) is 20.4. The number of hydrogen-bond acceptors (Lipinski definition) is 6. The largest absolute Gasteiger partial charge is 0.444 e. The van der Waals surface area contributed by atoms with E-state index in [-0.39, 0.29) is 17.0 Å². The third-order valence-electron chi connectivity index (χ3n) is 5.84. The number of ether oxygens (including phenoxy) is 1. The van der Waals surface area contributed by atoms with Gasteiger partial charge in [0.15, 0.2) is 0 Å². The molecule has 4 rings (SSSR count). The summed E-state index contributed by atoms with van der Waals surface area (Å²) in [6, 6.07) is 9.53. The van der Waals surface area contributed by atoms with Gasteiger partial charge in [-0.05, 0) is 76.8 Å². The first-order valence-electron chi connectivity index (χ1n) is 11.4. The van der Waals surface area contributed by atoms with E-state index < -0.39 is 21.7 Å². The number of alkyl carbamates (subject to hydrolysis) is 1. The Morgan fingerprint density at radius 2 is 1.91 bits per heavy atom. The van der Waals surface area contributed by atoms with Gasteiger partial charge < -0.3 is 20.8 Å². The Morgan fingerprint density at radius 1 is 1.18 bits per heavy atom. The van der Waals surface area contributed by atoms with E-state index in [1.54, 1.807) is 36.7 Å². The average molecular weight is 486 g/mol. The molecular formula is C24H31N5O4S. The van der Waals surface area contributed by atoms with E-state index in [9.17, 15) is 13.2 Å². The lowest BCUT2D eigenvalue weighted by atomic mass is 9.91. The van der Waals surface area contributed by atoms with Crippen molar-refractivity contribution < 1.29 is 17.9 Å². The molecule has 34 heavy (non-hydrogen) atoms. The fraction of sp³-hybridized carbons (Fsp3) is 0.417. The topological polar surface area (TPSA) is 130 Å². The van der Waals surface area contributed by atoms with Crippen molar-refractivity contribution in [3.63, 3.8) is 0 Å². The number of amides is 1. The van der Waals surface area contributed by atoms with Crippen molar-refractivity contribution in [2.75, 3.05) is 10.0 Å². The number of H-pyrrole nitrogens is 1. The molecule has 4 N–H and O–H groups in total. The van der Waals surface area contributed by atoms with Crippen LogP contribution < -0.4 is 15.4 Å². The van der Waals surface area contributed by atoms with Gasteiger partial charge in [0.25, 0.3) is 10.0 Å². The summed E-state index contributed by atoms with van der Waals surface area (Å²) in [6.45, 7) is 5.46. The molecule has 1 aliphatic carbocycles. The molecule has 1 amide bonds. The van der Waals surface area contributed by atoms with E-state index in [0.29, 0.717) is 42.7 Å². The second-order valence-corrected chi connectivity index (χ2v) is 11.4. The Labute approximate surface area is 199 Å². The van der Waals surface area contributed by atoms with E-state index in [2.05, 4.69) is 15.3 Å². The van der Waals surface area contributed by atoms with Gasteiger partial charge >= 0.3 is 6.09 Å². The lowest BCUT2D eigenvalue weighted by Crippen LogP contribution is -2.47. The van der Waals surface area contributed by atoms with E-state index in [1.165, 1.54) is 10.4 Å². The maximum absolute atomic E-state index is 13.9. The summed E-state index contributed by atoms with van der Waals surface area (Å²) in [5.41, 5.74) is 6.89. The molecule has 0 bridgehead atoms. The minimum absolute atomic E-state index is 0.0762. The number of benzene rings is 1. The lowest BCUT2D eigenvalue weighted by molar-refractivity contribution is 0.0491. The molecule has 3 aromatic rings. The molecule has 0 spiro atoms. The summed E-state index contributed by atoms with van der Waals surface area (Å²) in [7, 11) is -3.91. The van der Waals surface area contributed by atoms with E-state index in [1.807, 2.05) is 26.8 Å². The van der Waals surface area contributed by atoms with Crippen LogP contribution >= 0.6 is 0 Å². The average Bonchev–Trinajstić information content (AvgIpc) is 3.23. The molecule has 0 aliphatic heterocycles. The maximum Gasteiger partial charge on any atom is 0.407 e. The van der Waals surface area contributed by atoms with Crippen LogP contribution in [0, 0.1) is 0 Å². The van der Waals surface area contributed by atoms with Gasteiger partial charge in [-0.3, -0.25) is 4.31 Å².